The van der Waals surface area contributed by atoms with Crippen molar-refractivity contribution in [2.24, 2.45) is 0 Å². The zero-order valence-corrected chi connectivity index (χ0v) is 11.5. The van der Waals surface area contributed by atoms with Crippen molar-refractivity contribution in [3.63, 3.8) is 0 Å². The summed E-state index contributed by atoms with van der Waals surface area (Å²) in [6, 6.07) is 14.6. The summed E-state index contributed by atoms with van der Waals surface area (Å²) in [4.78, 5) is 0.345. The largest absolute Gasteiger partial charge is 0.399 e. The van der Waals surface area contributed by atoms with E-state index in [-0.39, 0.29) is 0 Å². The third-order valence-electron chi connectivity index (χ3n) is 2.86. The maximum atomic E-state index is 11.3. The molecule has 2 aromatic carbocycles. The van der Waals surface area contributed by atoms with Gasteiger partial charge in [-0.1, -0.05) is 24.3 Å². The molecule has 0 saturated heterocycles. The maximum Gasteiger partial charge on any atom is 0.175 e. The van der Waals surface area contributed by atoms with E-state index in [2.05, 4.69) is 6.42 Å². The van der Waals surface area contributed by atoms with Crippen LogP contribution in [0.25, 0.3) is 0 Å². The number of benzene rings is 2. The van der Waals surface area contributed by atoms with Crippen molar-refractivity contribution in [3.05, 3.63) is 66.1 Å². The molecule has 3 nitrogen and oxygen atoms in total. The van der Waals surface area contributed by atoms with E-state index < -0.39 is 9.84 Å². The summed E-state index contributed by atoms with van der Waals surface area (Å²) in [5.41, 5.74) is 8.55. The fourth-order valence-electron chi connectivity index (χ4n) is 1.74. The second-order valence-electron chi connectivity index (χ2n) is 4.49. The highest BCUT2D eigenvalue weighted by molar-refractivity contribution is 7.90. The molecular weight excluding hydrogens is 258 g/mol. The van der Waals surface area contributed by atoms with Gasteiger partial charge in [-0.3, -0.25) is 0 Å². The number of nitrogens with two attached hydrogens (primary N) is 1. The average Bonchev–Trinajstić information content (AvgIpc) is 2.37. The highest BCUT2D eigenvalue weighted by Crippen LogP contribution is 2.14. The Balaban J connectivity index is 2.02. The molecule has 19 heavy (non-hydrogen) atoms. The number of rotatable bonds is 4. The van der Waals surface area contributed by atoms with Crippen LogP contribution in [0.5, 0.6) is 0 Å². The summed E-state index contributed by atoms with van der Waals surface area (Å²) in [7, 11) is -3.12. The molecule has 0 bridgehead atoms. The maximum absolute atomic E-state index is 11.3. The van der Waals surface area contributed by atoms with Crippen LogP contribution in [0, 0.1) is 6.42 Å². The van der Waals surface area contributed by atoms with Crippen LogP contribution in [-0.2, 0) is 16.3 Å². The van der Waals surface area contributed by atoms with Gasteiger partial charge in [-0.15, -0.1) is 0 Å². The fraction of sp³-hybridized carbons (Fsp3) is 0.133. The van der Waals surface area contributed by atoms with Crippen LogP contribution in [0.1, 0.15) is 11.1 Å². The van der Waals surface area contributed by atoms with Crippen molar-refractivity contribution in [2.45, 2.75) is 11.3 Å². The first kappa shape index (κ1) is 13.6. The lowest BCUT2D eigenvalue weighted by Gasteiger charge is -2.04. The minimum Gasteiger partial charge on any atom is -0.399 e. The molecular formula is C15H16NO2S. The van der Waals surface area contributed by atoms with Crippen molar-refractivity contribution in [1.82, 2.24) is 0 Å². The summed E-state index contributed by atoms with van der Waals surface area (Å²) in [5.74, 6) is 0. The molecule has 2 aromatic rings. The molecule has 0 aliphatic carbocycles. The van der Waals surface area contributed by atoms with Gasteiger partial charge in [-0.05, 0) is 48.2 Å². The SMILES string of the molecule is CS(=O)(=O)c1ccc([CH]Cc2ccc(N)cc2)cc1. The summed E-state index contributed by atoms with van der Waals surface area (Å²) < 4.78 is 22.7. The molecule has 1 radical (unpaired) electrons. The molecule has 0 saturated carbocycles. The summed E-state index contributed by atoms with van der Waals surface area (Å²) in [6.07, 6.45) is 4.05. The predicted octanol–water partition coefficient (Wildman–Crippen LogP) is 2.47. The first-order chi connectivity index (χ1) is 8.95. The molecule has 0 atom stereocenters. The van der Waals surface area contributed by atoms with E-state index in [0.717, 1.165) is 17.7 Å². The van der Waals surface area contributed by atoms with Gasteiger partial charge in [0.1, 0.15) is 0 Å². The van der Waals surface area contributed by atoms with Crippen molar-refractivity contribution in [3.8, 4) is 0 Å². The van der Waals surface area contributed by atoms with E-state index in [4.69, 9.17) is 5.73 Å². The van der Waals surface area contributed by atoms with E-state index in [9.17, 15) is 8.42 Å². The van der Waals surface area contributed by atoms with Gasteiger partial charge in [0.25, 0.3) is 0 Å². The van der Waals surface area contributed by atoms with E-state index in [1.807, 2.05) is 36.4 Å². The molecule has 4 heteroatoms. The minimum absolute atomic E-state index is 0.345. The van der Waals surface area contributed by atoms with Gasteiger partial charge >= 0.3 is 0 Å². The Hall–Kier alpha value is -1.81. The van der Waals surface area contributed by atoms with Gasteiger partial charge in [0, 0.05) is 11.9 Å². The third-order valence-corrected chi connectivity index (χ3v) is 3.99. The molecule has 2 N–H and O–H groups in total. The molecule has 0 spiro atoms. The predicted molar refractivity (Wildman–Crippen MR) is 77.5 cm³/mol. The molecule has 0 aromatic heterocycles. The molecule has 0 unspecified atom stereocenters. The Morgan fingerprint density at radius 1 is 1.00 bits per heavy atom. The fourth-order valence-corrected chi connectivity index (χ4v) is 2.37. The number of anilines is 1. The van der Waals surface area contributed by atoms with E-state index in [1.54, 1.807) is 12.1 Å². The van der Waals surface area contributed by atoms with Crippen LogP contribution in [0.3, 0.4) is 0 Å². The van der Waals surface area contributed by atoms with Gasteiger partial charge in [0.2, 0.25) is 0 Å². The minimum atomic E-state index is -3.12. The summed E-state index contributed by atoms with van der Waals surface area (Å²) >= 11 is 0. The van der Waals surface area contributed by atoms with Crippen LogP contribution < -0.4 is 5.73 Å². The number of sulfone groups is 1. The molecule has 99 valence electrons. The monoisotopic (exact) mass is 274 g/mol. The Morgan fingerprint density at radius 3 is 2.11 bits per heavy atom. The van der Waals surface area contributed by atoms with Crippen LogP contribution in [0.15, 0.2) is 53.4 Å². The lowest BCUT2D eigenvalue weighted by atomic mass is 10.0. The zero-order valence-electron chi connectivity index (χ0n) is 10.7. The standard InChI is InChI=1S/C15H16NO2S/c1-19(17,18)15-10-6-13(7-11-15)3-2-12-4-8-14(16)9-5-12/h3-11H,2,16H2,1H3. The van der Waals surface area contributed by atoms with Gasteiger partial charge in [-0.2, -0.15) is 0 Å². The summed E-state index contributed by atoms with van der Waals surface area (Å²) in [5, 5.41) is 0. The van der Waals surface area contributed by atoms with Crippen molar-refractivity contribution in [2.75, 3.05) is 12.0 Å². The highest BCUT2D eigenvalue weighted by Gasteiger charge is 2.06. The van der Waals surface area contributed by atoms with Crippen LogP contribution in [0.4, 0.5) is 5.69 Å². The van der Waals surface area contributed by atoms with Crippen LogP contribution in [0.2, 0.25) is 0 Å². The van der Waals surface area contributed by atoms with E-state index >= 15 is 0 Å². The van der Waals surface area contributed by atoms with Crippen molar-refractivity contribution in [1.29, 1.82) is 0 Å². The molecule has 2 rings (SSSR count). The first-order valence-electron chi connectivity index (χ1n) is 5.93. The lowest BCUT2D eigenvalue weighted by molar-refractivity contribution is 0.602. The van der Waals surface area contributed by atoms with Gasteiger partial charge < -0.3 is 5.73 Å². The number of hydrogen-bond acceptors (Lipinski definition) is 3. The highest BCUT2D eigenvalue weighted by atomic mass is 32.2. The zero-order chi connectivity index (χ0) is 13.9. The van der Waals surface area contributed by atoms with Crippen LogP contribution >= 0.6 is 0 Å². The average molecular weight is 274 g/mol. The Kier molecular flexibility index (Phi) is 3.90. The quantitative estimate of drug-likeness (QED) is 0.871. The van der Waals surface area contributed by atoms with Gasteiger partial charge in [-0.25, -0.2) is 8.42 Å². The third kappa shape index (κ3) is 3.83. The van der Waals surface area contributed by atoms with Crippen LogP contribution in [-0.4, -0.2) is 14.7 Å². The van der Waals surface area contributed by atoms with Crippen molar-refractivity contribution >= 4 is 15.5 Å². The van der Waals surface area contributed by atoms with E-state index in [0.29, 0.717) is 4.90 Å². The second kappa shape index (κ2) is 5.45. The molecule has 0 amide bonds. The topological polar surface area (TPSA) is 60.2 Å². The van der Waals surface area contributed by atoms with Gasteiger partial charge in [0.05, 0.1) is 4.90 Å². The Labute approximate surface area is 114 Å². The molecule has 0 aliphatic heterocycles. The lowest BCUT2D eigenvalue weighted by Crippen LogP contribution is -1.97. The second-order valence-corrected chi connectivity index (χ2v) is 6.51. The summed E-state index contributed by atoms with van der Waals surface area (Å²) in [6.45, 7) is 0. The smallest absolute Gasteiger partial charge is 0.175 e. The Morgan fingerprint density at radius 2 is 1.58 bits per heavy atom. The molecule has 0 aliphatic rings. The Bertz CT molecular complexity index is 644. The first-order valence-corrected chi connectivity index (χ1v) is 7.82. The number of hydrogen-bond donors (Lipinski definition) is 1. The molecule has 0 heterocycles. The number of nitrogen functional groups attached to an aromatic ring is 1. The van der Waals surface area contributed by atoms with Crippen molar-refractivity contribution < 1.29 is 8.42 Å². The van der Waals surface area contributed by atoms with E-state index in [1.165, 1.54) is 11.8 Å². The normalized spacial score (nSPS) is 11.4. The molecule has 0 fully saturated rings. The van der Waals surface area contributed by atoms with Gasteiger partial charge in [0.15, 0.2) is 9.84 Å².